The Morgan fingerprint density at radius 1 is 0.627 bits per heavy atom. The van der Waals surface area contributed by atoms with Gasteiger partial charge in [-0.1, -0.05) is 12.1 Å². The van der Waals surface area contributed by atoms with Crippen LogP contribution >= 0.6 is 0 Å². The maximum absolute atomic E-state index is 12.9. The van der Waals surface area contributed by atoms with Crippen LogP contribution in [0.25, 0.3) is 55.7 Å². The third kappa shape index (κ3) is 7.57. The number of aromatic nitrogens is 8. The van der Waals surface area contributed by atoms with Crippen LogP contribution < -0.4 is 18.9 Å². The molecule has 0 spiro atoms. The van der Waals surface area contributed by atoms with Crippen molar-refractivity contribution in [3.63, 3.8) is 0 Å². The van der Waals surface area contributed by atoms with Gasteiger partial charge in [-0.05, 0) is 54.2 Å². The van der Waals surface area contributed by atoms with Gasteiger partial charge in [-0.3, -0.25) is 23.3 Å². The van der Waals surface area contributed by atoms with Crippen molar-refractivity contribution >= 4 is 33.8 Å². The van der Waals surface area contributed by atoms with Crippen LogP contribution in [0.15, 0.2) is 98.1 Å². The van der Waals surface area contributed by atoms with Crippen LogP contribution in [-0.2, 0) is 14.1 Å². The number of carboxylic acids is 1. The fourth-order valence-corrected chi connectivity index (χ4v) is 7.18. The van der Waals surface area contributed by atoms with Crippen LogP contribution in [0, 0.1) is 5.92 Å². The molecule has 4 heterocycles. The molecular weight excluding hydrogens is 753 g/mol. The fraction of sp³-hybridized carbons (Fsp3) is 0.227. The molecule has 4 aromatic carbocycles. The maximum atomic E-state index is 12.9. The van der Waals surface area contributed by atoms with E-state index < -0.39 is 5.97 Å². The number of Topliss-reactive ketones (excluding diaryl/α,β-unsaturated/α-hetero) is 1. The zero-order chi connectivity index (χ0) is 41.4. The van der Waals surface area contributed by atoms with E-state index in [1.807, 2.05) is 84.3 Å². The Kier molecular flexibility index (Phi) is 10.3. The average molecular weight is 795 g/mol. The van der Waals surface area contributed by atoms with Gasteiger partial charge in [-0.2, -0.15) is 10.2 Å². The maximum Gasteiger partial charge on any atom is 0.343 e. The Bertz CT molecular complexity index is 2810. The number of benzene rings is 4. The summed E-state index contributed by atoms with van der Waals surface area (Å²) in [6.45, 7) is 0. The second kappa shape index (κ2) is 15.8. The van der Waals surface area contributed by atoms with Gasteiger partial charge in [0.1, 0.15) is 46.8 Å². The van der Waals surface area contributed by atoms with E-state index >= 15 is 0 Å². The molecule has 1 aliphatic rings. The summed E-state index contributed by atoms with van der Waals surface area (Å²) in [4.78, 5) is 33.5. The molecule has 0 radical (unpaired) electrons. The molecule has 0 bridgehead atoms. The van der Waals surface area contributed by atoms with Crippen molar-refractivity contribution in [2.24, 2.45) is 20.0 Å². The van der Waals surface area contributed by atoms with Crippen molar-refractivity contribution in [2.75, 3.05) is 28.4 Å². The molecule has 1 N–H and O–H groups in total. The molecule has 59 heavy (non-hydrogen) atoms. The van der Waals surface area contributed by atoms with Crippen molar-refractivity contribution in [2.45, 2.75) is 19.3 Å². The Morgan fingerprint density at radius 3 is 1.41 bits per heavy atom. The summed E-state index contributed by atoms with van der Waals surface area (Å²) in [5.41, 5.74) is 9.64. The highest BCUT2D eigenvalue weighted by Crippen LogP contribution is 2.39. The SMILES string of the molecule is COc1cc(-n2cnc3cc(-c4cnn(C)c4)ccc32)cc(OC)c1C(=O)CC1CC1.COc1cc(-n2cnc3cc(-c4cnn(C)c4)ccc32)cc(OC)c1C(=O)O. The Balaban J connectivity index is 0.000000165. The molecule has 0 saturated heterocycles. The quantitative estimate of drug-likeness (QED) is 0.121. The number of aromatic carboxylic acids is 1. The summed E-state index contributed by atoms with van der Waals surface area (Å²) in [6, 6.07) is 19.2. The fourth-order valence-electron chi connectivity index (χ4n) is 7.18. The first kappa shape index (κ1) is 38.5. The molecule has 0 aliphatic heterocycles. The largest absolute Gasteiger partial charge is 0.496 e. The third-order valence-corrected chi connectivity index (χ3v) is 10.4. The molecular formula is C44H42N8O7. The number of hydrogen-bond donors (Lipinski definition) is 1. The number of imidazole rings is 2. The number of nitrogens with zero attached hydrogens (tertiary/aromatic N) is 8. The van der Waals surface area contributed by atoms with Crippen LogP contribution in [0.5, 0.6) is 23.0 Å². The molecule has 8 aromatic rings. The molecule has 1 saturated carbocycles. The van der Waals surface area contributed by atoms with Gasteiger partial charge < -0.3 is 24.1 Å². The first-order valence-electron chi connectivity index (χ1n) is 18.8. The van der Waals surface area contributed by atoms with Crippen molar-refractivity contribution in [3.8, 4) is 56.6 Å². The number of fused-ring (bicyclic) bond motifs is 2. The predicted molar refractivity (Wildman–Crippen MR) is 221 cm³/mol. The molecule has 0 amide bonds. The number of ketones is 1. The van der Waals surface area contributed by atoms with Gasteiger partial charge in [0, 0.05) is 68.3 Å². The van der Waals surface area contributed by atoms with Crippen LogP contribution in [0.2, 0.25) is 0 Å². The van der Waals surface area contributed by atoms with Crippen molar-refractivity contribution < 1.29 is 33.6 Å². The lowest BCUT2D eigenvalue weighted by Gasteiger charge is -2.15. The topological polar surface area (TPSA) is 163 Å². The lowest BCUT2D eigenvalue weighted by atomic mass is 10.0. The monoisotopic (exact) mass is 794 g/mol. The van der Waals surface area contributed by atoms with Gasteiger partial charge in [0.2, 0.25) is 0 Å². The highest BCUT2D eigenvalue weighted by Gasteiger charge is 2.29. The lowest BCUT2D eigenvalue weighted by Crippen LogP contribution is -2.07. The summed E-state index contributed by atoms with van der Waals surface area (Å²) < 4.78 is 29.1. The normalized spacial score (nSPS) is 12.3. The second-order valence-corrected chi connectivity index (χ2v) is 14.3. The van der Waals surface area contributed by atoms with E-state index in [1.54, 1.807) is 54.6 Å². The standard InChI is InChI=1S/C24H24N4O3.C20H18N4O4/c1-27-13-17(12-26-27)16-6-7-20-19(9-16)25-14-28(20)18-10-22(30-2)24(23(11-18)31-3)21(29)8-15-4-5-15;1-23-10-13(9-22-23)12-4-5-16-15(6-12)21-11-24(16)14-7-17(27-2)19(20(25)26)18(8-14)28-3/h6-7,9-15H,4-5,8H2,1-3H3;4-11H,1-3H3,(H,25,26). The van der Waals surface area contributed by atoms with E-state index in [0.717, 1.165) is 62.8 Å². The molecule has 15 nitrogen and oxygen atoms in total. The zero-order valence-corrected chi connectivity index (χ0v) is 33.4. The average Bonchev–Trinajstić information content (AvgIpc) is 3.60. The summed E-state index contributed by atoms with van der Waals surface area (Å²) in [6.07, 6.45) is 13.8. The zero-order valence-electron chi connectivity index (χ0n) is 33.4. The van der Waals surface area contributed by atoms with Crippen LogP contribution in [-0.4, -0.2) is 84.0 Å². The van der Waals surface area contributed by atoms with E-state index in [1.165, 1.54) is 14.2 Å². The summed E-state index contributed by atoms with van der Waals surface area (Å²) in [5, 5.41) is 17.9. The minimum Gasteiger partial charge on any atom is -0.496 e. The minimum atomic E-state index is -1.11. The number of methoxy groups -OCH3 is 4. The second-order valence-electron chi connectivity index (χ2n) is 14.3. The van der Waals surface area contributed by atoms with E-state index in [0.29, 0.717) is 35.1 Å². The Labute approximate surface area is 339 Å². The highest BCUT2D eigenvalue weighted by molar-refractivity contribution is 6.02. The van der Waals surface area contributed by atoms with Crippen LogP contribution in [0.3, 0.4) is 0 Å². The van der Waals surface area contributed by atoms with Gasteiger partial charge in [0.05, 0.1) is 74.3 Å². The molecule has 9 rings (SSSR count). The Morgan fingerprint density at radius 2 is 1.05 bits per heavy atom. The summed E-state index contributed by atoms with van der Waals surface area (Å²) in [7, 11) is 9.79. The third-order valence-electron chi connectivity index (χ3n) is 10.4. The molecule has 0 unspecified atom stereocenters. The number of rotatable bonds is 12. The van der Waals surface area contributed by atoms with Gasteiger partial charge in [-0.15, -0.1) is 0 Å². The molecule has 15 heteroatoms. The number of aryl methyl sites for hydroxylation is 2. The molecule has 0 atom stereocenters. The number of ether oxygens (including phenoxy) is 4. The molecule has 1 fully saturated rings. The van der Waals surface area contributed by atoms with Gasteiger partial charge >= 0.3 is 5.97 Å². The van der Waals surface area contributed by atoms with E-state index in [4.69, 9.17) is 18.9 Å². The van der Waals surface area contributed by atoms with Crippen molar-refractivity contribution in [1.82, 2.24) is 38.7 Å². The number of carbonyl (C=O) groups is 2. The first-order valence-corrected chi connectivity index (χ1v) is 18.8. The van der Waals surface area contributed by atoms with E-state index in [2.05, 4.69) is 26.2 Å². The van der Waals surface area contributed by atoms with Crippen molar-refractivity contribution in [3.05, 3.63) is 109 Å². The Hall–Kier alpha value is -7.42. The lowest BCUT2D eigenvalue weighted by molar-refractivity contribution is 0.0689. The summed E-state index contributed by atoms with van der Waals surface area (Å²) >= 11 is 0. The molecule has 300 valence electrons. The smallest absolute Gasteiger partial charge is 0.343 e. The molecule has 1 aliphatic carbocycles. The van der Waals surface area contributed by atoms with Crippen LogP contribution in [0.1, 0.15) is 40.0 Å². The van der Waals surface area contributed by atoms with Gasteiger partial charge in [-0.25, -0.2) is 14.8 Å². The van der Waals surface area contributed by atoms with Gasteiger partial charge in [0.15, 0.2) is 5.78 Å². The van der Waals surface area contributed by atoms with Gasteiger partial charge in [0.25, 0.3) is 0 Å². The predicted octanol–water partition coefficient (Wildman–Crippen LogP) is 7.57. The number of carbonyl (C=O) groups excluding carboxylic acids is 1. The number of carboxylic acid groups (broad SMARTS) is 1. The van der Waals surface area contributed by atoms with Crippen LogP contribution in [0.4, 0.5) is 0 Å². The van der Waals surface area contributed by atoms with Crippen molar-refractivity contribution in [1.29, 1.82) is 0 Å². The molecule has 4 aromatic heterocycles. The van der Waals surface area contributed by atoms with E-state index in [9.17, 15) is 14.7 Å². The number of hydrogen-bond acceptors (Lipinski definition) is 10. The highest BCUT2D eigenvalue weighted by atomic mass is 16.5. The minimum absolute atomic E-state index is 0.0166. The first-order chi connectivity index (χ1) is 28.6. The van der Waals surface area contributed by atoms with E-state index in [-0.39, 0.29) is 22.8 Å². The summed E-state index contributed by atoms with van der Waals surface area (Å²) in [5.74, 6) is 0.929.